The second kappa shape index (κ2) is 7.99. The molecule has 1 fully saturated rings. The lowest BCUT2D eigenvalue weighted by Gasteiger charge is -2.35. The highest BCUT2D eigenvalue weighted by atomic mass is 16.4. The van der Waals surface area contributed by atoms with Crippen LogP contribution in [-0.2, 0) is 11.2 Å². The average molecular weight is 367 g/mol. The van der Waals surface area contributed by atoms with Crippen molar-refractivity contribution in [2.24, 2.45) is 0 Å². The molecule has 2 amide bonds. The third-order valence-electron chi connectivity index (χ3n) is 4.75. The molecule has 2 heterocycles. The minimum atomic E-state index is -1.17. The molecule has 0 unspecified atom stereocenters. The highest BCUT2D eigenvalue weighted by molar-refractivity contribution is 5.96. The molecule has 1 N–H and O–H groups in total. The van der Waals surface area contributed by atoms with Crippen molar-refractivity contribution >= 4 is 17.8 Å². The number of carboxylic acid groups (broad SMARTS) is 1. The molecule has 0 saturated carbocycles. The van der Waals surface area contributed by atoms with Crippen LogP contribution in [0.4, 0.5) is 0 Å². The summed E-state index contributed by atoms with van der Waals surface area (Å²) >= 11 is 0. The van der Waals surface area contributed by atoms with Crippen LogP contribution in [-0.4, -0.2) is 63.9 Å². The molecular weight excluding hydrogens is 346 g/mol. The van der Waals surface area contributed by atoms with Crippen molar-refractivity contribution < 1.29 is 19.5 Å². The number of carbonyl (C=O) groups excluding carboxylic acids is 2. The van der Waals surface area contributed by atoms with E-state index < -0.39 is 5.97 Å². The molecule has 0 radical (unpaired) electrons. The predicted octanol–water partition coefficient (Wildman–Crippen LogP) is 1.62. The third-order valence-corrected chi connectivity index (χ3v) is 4.75. The first kappa shape index (κ1) is 18.6. The number of carbonyl (C=O) groups is 3. The number of nitrogens with zero attached hydrogens (tertiary/aromatic N) is 3. The molecule has 1 aliphatic rings. The molecule has 0 atom stereocenters. The second-order valence-electron chi connectivity index (χ2n) is 6.51. The van der Waals surface area contributed by atoms with Crippen LogP contribution in [0.3, 0.4) is 0 Å². The first-order valence-corrected chi connectivity index (χ1v) is 8.76. The Hall–Kier alpha value is -3.22. The fourth-order valence-corrected chi connectivity index (χ4v) is 3.11. The number of pyridine rings is 1. The fourth-order valence-electron chi connectivity index (χ4n) is 3.11. The van der Waals surface area contributed by atoms with Crippen molar-refractivity contribution in [1.82, 2.24) is 14.8 Å². The van der Waals surface area contributed by atoms with Crippen molar-refractivity contribution in [2.45, 2.75) is 13.3 Å². The zero-order valence-electron chi connectivity index (χ0n) is 15.1. The standard InChI is InChI=1S/C20H21N3O4/c1-14-4-2-3-5-15(14)13-18(24)22-8-10-23(11-9-22)19(25)16-6-7-21-17(12-16)20(26)27/h2-7,12H,8-11,13H2,1H3,(H,26,27). The van der Waals surface area contributed by atoms with Crippen molar-refractivity contribution in [3.8, 4) is 0 Å². The summed E-state index contributed by atoms with van der Waals surface area (Å²) in [6.07, 6.45) is 1.67. The maximum Gasteiger partial charge on any atom is 0.354 e. The molecule has 27 heavy (non-hydrogen) atoms. The van der Waals surface area contributed by atoms with Gasteiger partial charge in [0.15, 0.2) is 0 Å². The Morgan fingerprint density at radius 2 is 1.70 bits per heavy atom. The zero-order chi connectivity index (χ0) is 19.4. The maximum atomic E-state index is 12.6. The number of carboxylic acids is 1. The van der Waals surface area contributed by atoms with Gasteiger partial charge in [-0.3, -0.25) is 9.59 Å². The minimum absolute atomic E-state index is 0.0495. The smallest absolute Gasteiger partial charge is 0.354 e. The Morgan fingerprint density at radius 3 is 2.37 bits per heavy atom. The monoisotopic (exact) mass is 367 g/mol. The van der Waals surface area contributed by atoms with Crippen molar-refractivity contribution in [3.63, 3.8) is 0 Å². The van der Waals surface area contributed by atoms with Gasteiger partial charge in [-0.15, -0.1) is 0 Å². The van der Waals surface area contributed by atoms with Gasteiger partial charge in [-0.05, 0) is 30.2 Å². The number of aromatic nitrogens is 1. The summed E-state index contributed by atoms with van der Waals surface area (Å²) in [5, 5.41) is 9.01. The lowest BCUT2D eigenvalue weighted by molar-refractivity contribution is -0.131. The van der Waals surface area contributed by atoms with E-state index in [1.54, 1.807) is 9.80 Å². The van der Waals surface area contributed by atoms with Crippen LogP contribution in [0.1, 0.15) is 32.0 Å². The Kier molecular flexibility index (Phi) is 5.49. The predicted molar refractivity (Wildman–Crippen MR) is 98.6 cm³/mol. The van der Waals surface area contributed by atoms with Crippen LogP contribution in [0, 0.1) is 6.92 Å². The van der Waals surface area contributed by atoms with Crippen LogP contribution < -0.4 is 0 Å². The normalized spacial score (nSPS) is 14.1. The molecule has 3 rings (SSSR count). The van der Waals surface area contributed by atoms with Crippen LogP contribution in [0.15, 0.2) is 42.6 Å². The summed E-state index contributed by atoms with van der Waals surface area (Å²) in [6.45, 7) is 3.76. The van der Waals surface area contributed by atoms with Gasteiger partial charge in [0.2, 0.25) is 5.91 Å². The number of piperazine rings is 1. The van der Waals surface area contributed by atoms with E-state index in [1.807, 2.05) is 31.2 Å². The first-order chi connectivity index (χ1) is 13.0. The lowest BCUT2D eigenvalue weighted by Crippen LogP contribution is -2.51. The van der Waals surface area contributed by atoms with Gasteiger partial charge in [0.05, 0.1) is 6.42 Å². The third kappa shape index (κ3) is 4.31. The van der Waals surface area contributed by atoms with Crippen LogP contribution in [0.25, 0.3) is 0 Å². The van der Waals surface area contributed by atoms with Crippen molar-refractivity contribution in [2.75, 3.05) is 26.2 Å². The maximum absolute atomic E-state index is 12.6. The summed E-state index contributed by atoms with van der Waals surface area (Å²) < 4.78 is 0. The highest BCUT2D eigenvalue weighted by Gasteiger charge is 2.25. The van der Waals surface area contributed by atoms with Gasteiger partial charge in [-0.25, -0.2) is 9.78 Å². The fraction of sp³-hybridized carbons (Fsp3) is 0.300. The number of hydrogen-bond donors (Lipinski definition) is 1. The van der Waals surface area contributed by atoms with Crippen LogP contribution in [0.5, 0.6) is 0 Å². The number of hydrogen-bond acceptors (Lipinski definition) is 4. The van der Waals surface area contributed by atoms with E-state index in [0.717, 1.165) is 11.1 Å². The minimum Gasteiger partial charge on any atom is -0.477 e. The summed E-state index contributed by atoms with van der Waals surface area (Å²) in [5.74, 6) is -1.37. The SMILES string of the molecule is Cc1ccccc1CC(=O)N1CCN(C(=O)c2ccnc(C(=O)O)c2)CC1. The van der Waals surface area contributed by atoms with Gasteiger partial charge < -0.3 is 14.9 Å². The largest absolute Gasteiger partial charge is 0.477 e. The van der Waals surface area contributed by atoms with E-state index in [9.17, 15) is 14.4 Å². The van der Waals surface area contributed by atoms with Crippen molar-refractivity contribution in [3.05, 3.63) is 65.0 Å². The molecule has 0 spiro atoms. The van der Waals surface area contributed by atoms with E-state index in [-0.39, 0.29) is 17.5 Å². The Labute approximate surface area is 157 Å². The summed E-state index contributed by atoms with van der Waals surface area (Å²) in [6, 6.07) is 10.6. The van der Waals surface area contributed by atoms with E-state index in [1.165, 1.54) is 18.3 Å². The molecule has 1 aromatic heterocycles. The van der Waals surface area contributed by atoms with Gasteiger partial charge in [-0.2, -0.15) is 0 Å². The molecule has 0 bridgehead atoms. The quantitative estimate of drug-likeness (QED) is 0.887. The summed E-state index contributed by atoms with van der Waals surface area (Å²) in [4.78, 5) is 43.3. The molecule has 1 aliphatic heterocycles. The van der Waals surface area contributed by atoms with E-state index in [0.29, 0.717) is 38.2 Å². The molecule has 7 heteroatoms. The molecule has 1 aromatic carbocycles. The van der Waals surface area contributed by atoms with Gasteiger partial charge >= 0.3 is 5.97 Å². The van der Waals surface area contributed by atoms with E-state index in [2.05, 4.69) is 4.98 Å². The number of rotatable bonds is 4. The lowest BCUT2D eigenvalue weighted by atomic mass is 10.1. The molecular formula is C20H21N3O4. The zero-order valence-corrected chi connectivity index (χ0v) is 15.1. The Balaban J connectivity index is 1.59. The van der Waals surface area contributed by atoms with Crippen LogP contribution in [0.2, 0.25) is 0 Å². The Bertz CT molecular complexity index is 873. The molecule has 0 aliphatic carbocycles. The van der Waals surface area contributed by atoms with E-state index in [4.69, 9.17) is 5.11 Å². The molecule has 2 aromatic rings. The first-order valence-electron chi connectivity index (χ1n) is 8.76. The Morgan fingerprint density at radius 1 is 1.04 bits per heavy atom. The molecule has 140 valence electrons. The molecule has 1 saturated heterocycles. The second-order valence-corrected chi connectivity index (χ2v) is 6.51. The van der Waals surface area contributed by atoms with Gasteiger partial charge in [0, 0.05) is 37.9 Å². The van der Waals surface area contributed by atoms with Crippen molar-refractivity contribution in [1.29, 1.82) is 0 Å². The van der Waals surface area contributed by atoms with Crippen LogP contribution >= 0.6 is 0 Å². The number of aromatic carboxylic acids is 1. The topological polar surface area (TPSA) is 90.8 Å². The van der Waals surface area contributed by atoms with E-state index >= 15 is 0 Å². The van der Waals surface area contributed by atoms with Gasteiger partial charge in [-0.1, -0.05) is 24.3 Å². The highest BCUT2D eigenvalue weighted by Crippen LogP contribution is 2.13. The van der Waals surface area contributed by atoms with Gasteiger partial charge in [0.1, 0.15) is 5.69 Å². The number of amides is 2. The summed E-state index contributed by atoms with van der Waals surface area (Å²) in [5.41, 5.74) is 2.24. The molecule has 7 nitrogen and oxygen atoms in total. The average Bonchev–Trinajstić information content (AvgIpc) is 2.69. The number of aryl methyl sites for hydroxylation is 1. The number of benzene rings is 1. The summed E-state index contributed by atoms with van der Waals surface area (Å²) in [7, 11) is 0. The van der Waals surface area contributed by atoms with Gasteiger partial charge in [0.25, 0.3) is 5.91 Å².